The van der Waals surface area contributed by atoms with Crippen LogP contribution in [-0.2, 0) is 16.0 Å². The van der Waals surface area contributed by atoms with Crippen molar-refractivity contribution in [3.63, 3.8) is 0 Å². The summed E-state index contributed by atoms with van der Waals surface area (Å²) in [5.74, 6) is 1.11. The van der Waals surface area contributed by atoms with Gasteiger partial charge in [0, 0.05) is 34.6 Å². The van der Waals surface area contributed by atoms with E-state index in [-0.39, 0.29) is 24.4 Å². The molecule has 0 radical (unpaired) electrons. The molecule has 172 valence electrons. The Morgan fingerprint density at radius 1 is 1.09 bits per heavy atom. The van der Waals surface area contributed by atoms with E-state index in [1.807, 2.05) is 50.2 Å². The molecule has 2 amide bonds. The zero-order chi connectivity index (χ0) is 23.3. The summed E-state index contributed by atoms with van der Waals surface area (Å²) in [6.45, 7) is 4.13. The van der Waals surface area contributed by atoms with Crippen molar-refractivity contribution >= 4 is 22.7 Å². The summed E-state index contributed by atoms with van der Waals surface area (Å²) in [7, 11) is 3.20. The third kappa shape index (κ3) is 3.17. The van der Waals surface area contributed by atoms with Crippen molar-refractivity contribution in [3.05, 3.63) is 59.3 Å². The molecule has 2 aliphatic heterocycles. The highest BCUT2D eigenvalue weighted by atomic mass is 16.5. The van der Waals surface area contributed by atoms with E-state index in [0.29, 0.717) is 17.9 Å². The molecule has 1 N–H and O–H groups in total. The van der Waals surface area contributed by atoms with E-state index in [0.717, 1.165) is 34.1 Å². The number of benzene rings is 2. The average molecular weight is 448 g/mol. The zero-order valence-electron chi connectivity index (χ0n) is 19.4. The fraction of sp³-hybridized carbons (Fsp3) is 0.385. The number of rotatable bonds is 5. The molecular formula is C26H29N3O4. The maximum atomic E-state index is 13.7. The number of para-hydroxylation sites is 2. The molecule has 1 saturated heterocycles. The third-order valence-corrected chi connectivity index (χ3v) is 7.14. The van der Waals surface area contributed by atoms with Crippen LogP contribution in [0.15, 0.2) is 42.5 Å². The first-order valence-corrected chi connectivity index (χ1v) is 11.4. The lowest BCUT2D eigenvalue weighted by Crippen LogP contribution is -2.64. The molecule has 1 fully saturated rings. The van der Waals surface area contributed by atoms with Gasteiger partial charge in [-0.25, -0.2) is 0 Å². The van der Waals surface area contributed by atoms with E-state index in [2.05, 4.69) is 11.1 Å². The standard InChI is InChI=1S/C26H29N3O4/c1-5-15(2)28-14-22(30)29-20(26(28)31)13-18-16-9-6-7-11-19(16)27-23(18)24(29)17-10-8-12-21(32-3)25(17)33-4/h6-12,15,20,24,27H,5,13-14H2,1-4H3/t15-,20+,24+/m1/s1. The molecule has 7 nitrogen and oxygen atoms in total. The number of amides is 2. The van der Waals surface area contributed by atoms with Crippen molar-refractivity contribution in [2.24, 2.45) is 0 Å². The normalized spacial score (nSPS) is 21.1. The molecule has 33 heavy (non-hydrogen) atoms. The molecule has 0 unspecified atom stereocenters. The lowest BCUT2D eigenvalue weighted by molar-refractivity contribution is -0.160. The molecule has 5 rings (SSSR count). The number of fused-ring (bicyclic) bond motifs is 4. The summed E-state index contributed by atoms with van der Waals surface area (Å²) < 4.78 is 11.3. The Morgan fingerprint density at radius 2 is 1.88 bits per heavy atom. The van der Waals surface area contributed by atoms with Crippen LogP contribution in [0.2, 0.25) is 0 Å². The predicted molar refractivity (Wildman–Crippen MR) is 125 cm³/mol. The molecule has 0 bridgehead atoms. The number of aromatic amines is 1. The summed E-state index contributed by atoms with van der Waals surface area (Å²) in [5, 5.41) is 1.08. The highest BCUT2D eigenvalue weighted by Gasteiger charge is 2.49. The van der Waals surface area contributed by atoms with Crippen LogP contribution in [-0.4, -0.2) is 59.4 Å². The van der Waals surface area contributed by atoms with Gasteiger partial charge in [0.25, 0.3) is 0 Å². The van der Waals surface area contributed by atoms with Crippen molar-refractivity contribution in [2.45, 2.75) is 44.8 Å². The first-order valence-electron chi connectivity index (χ1n) is 11.4. The number of nitrogens with zero attached hydrogens (tertiary/aromatic N) is 2. The number of methoxy groups -OCH3 is 2. The van der Waals surface area contributed by atoms with Crippen molar-refractivity contribution in [1.82, 2.24) is 14.8 Å². The fourth-order valence-electron chi connectivity index (χ4n) is 5.33. The largest absolute Gasteiger partial charge is 0.493 e. The van der Waals surface area contributed by atoms with E-state index in [1.54, 1.807) is 24.0 Å². The number of carbonyl (C=O) groups excluding carboxylic acids is 2. The predicted octanol–water partition coefficient (Wildman–Crippen LogP) is 3.67. The molecule has 1 aromatic heterocycles. The molecule has 7 heteroatoms. The second kappa shape index (κ2) is 8.14. The van der Waals surface area contributed by atoms with Crippen LogP contribution in [0.3, 0.4) is 0 Å². The number of hydrogen-bond donors (Lipinski definition) is 1. The van der Waals surface area contributed by atoms with Gasteiger partial charge in [0.2, 0.25) is 11.8 Å². The minimum Gasteiger partial charge on any atom is -0.493 e. The Hall–Kier alpha value is -3.48. The van der Waals surface area contributed by atoms with E-state index >= 15 is 0 Å². The van der Waals surface area contributed by atoms with Crippen LogP contribution in [0.1, 0.15) is 43.1 Å². The molecule has 0 saturated carbocycles. The second-order valence-electron chi connectivity index (χ2n) is 8.79. The van der Waals surface area contributed by atoms with E-state index in [1.165, 1.54) is 0 Å². The first kappa shape index (κ1) is 21.4. The molecule has 2 aromatic carbocycles. The Bertz CT molecular complexity index is 1230. The lowest BCUT2D eigenvalue weighted by atomic mass is 9.85. The summed E-state index contributed by atoms with van der Waals surface area (Å²) in [6, 6.07) is 12.7. The molecule has 3 heterocycles. The van der Waals surface area contributed by atoms with Gasteiger partial charge in [-0.15, -0.1) is 0 Å². The first-order chi connectivity index (χ1) is 16.0. The highest BCUT2D eigenvalue weighted by Crippen LogP contribution is 2.47. The molecule has 3 aromatic rings. The zero-order valence-corrected chi connectivity index (χ0v) is 19.4. The minimum absolute atomic E-state index is 0.00624. The topological polar surface area (TPSA) is 74.9 Å². The van der Waals surface area contributed by atoms with E-state index < -0.39 is 12.1 Å². The Kier molecular flexibility index (Phi) is 5.27. The second-order valence-corrected chi connectivity index (χ2v) is 8.79. The summed E-state index contributed by atoms with van der Waals surface area (Å²) in [4.78, 5) is 34.4. The van der Waals surface area contributed by atoms with Crippen LogP contribution in [0, 0.1) is 0 Å². The number of aromatic nitrogens is 1. The summed E-state index contributed by atoms with van der Waals surface area (Å²) >= 11 is 0. The van der Waals surface area contributed by atoms with Gasteiger partial charge in [0.1, 0.15) is 18.6 Å². The molecule has 0 aliphatic carbocycles. The third-order valence-electron chi connectivity index (χ3n) is 7.14. The van der Waals surface area contributed by atoms with Crippen molar-refractivity contribution in [3.8, 4) is 11.5 Å². The smallest absolute Gasteiger partial charge is 0.246 e. The van der Waals surface area contributed by atoms with Gasteiger partial charge in [-0.2, -0.15) is 0 Å². The van der Waals surface area contributed by atoms with Crippen LogP contribution >= 0.6 is 0 Å². The highest BCUT2D eigenvalue weighted by molar-refractivity contribution is 5.98. The maximum Gasteiger partial charge on any atom is 0.246 e. The van der Waals surface area contributed by atoms with Crippen LogP contribution < -0.4 is 9.47 Å². The van der Waals surface area contributed by atoms with Gasteiger partial charge in [-0.3, -0.25) is 9.59 Å². The molecule has 2 aliphatic rings. The van der Waals surface area contributed by atoms with Crippen molar-refractivity contribution in [1.29, 1.82) is 0 Å². The van der Waals surface area contributed by atoms with Gasteiger partial charge >= 0.3 is 0 Å². The van der Waals surface area contributed by atoms with Gasteiger partial charge in [0.05, 0.1) is 14.2 Å². The average Bonchev–Trinajstić information content (AvgIpc) is 3.22. The number of H-pyrrole nitrogens is 1. The van der Waals surface area contributed by atoms with Gasteiger partial charge in [-0.1, -0.05) is 37.3 Å². The van der Waals surface area contributed by atoms with Gasteiger partial charge < -0.3 is 24.3 Å². The maximum absolute atomic E-state index is 13.7. The van der Waals surface area contributed by atoms with Gasteiger partial charge in [0.15, 0.2) is 11.5 Å². The summed E-state index contributed by atoms with van der Waals surface area (Å²) in [6.07, 6.45) is 1.29. The molecular weight excluding hydrogens is 418 g/mol. The van der Waals surface area contributed by atoms with Gasteiger partial charge in [-0.05, 0) is 31.0 Å². The minimum atomic E-state index is -0.562. The number of ether oxygens (including phenoxy) is 2. The van der Waals surface area contributed by atoms with Crippen molar-refractivity contribution in [2.75, 3.05) is 20.8 Å². The SMILES string of the molecule is CC[C@@H](C)N1CC(=O)N2[C@@H](c3cccc(OC)c3OC)c3[nH]c4ccccc4c3C[C@H]2C1=O. The van der Waals surface area contributed by atoms with Crippen LogP contribution in [0.25, 0.3) is 10.9 Å². The van der Waals surface area contributed by atoms with Crippen LogP contribution in [0.4, 0.5) is 0 Å². The number of hydrogen-bond acceptors (Lipinski definition) is 4. The van der Waals surface area contributed by atoms with E-state index in [9.17, 15) is 9.59 Å². The summed E-state index contributed by atoms with van der Waals surface area (Å²) in [5.41, 5.74) is 3.80. The Balaban J connectivity index is 1.75. The quantitative estimate of drug-likeness (QED) is 0.648. The van der Waals surface area contributed by atoms with Crippen LogP contribution in [0.5, 0.6) is 11.5 Å². The number of carbonyl (C=O) groups is 2. The van der Waals surface area contributed by atoms with Crippen molar-refractivity contribution < 1.29 is 19.1 Å². The Labute approximate surface area is 193 Å². The monoisotopic (exact) mass is 447 g/mol. The fourth-order valence-corrected chi connectivity index (χ4v) is 5.33. The van der Waals surface area contributed by atoms with E-state index in [4.69, 9.17) is 9.47 Å². The molecule has 0 spiro atoms. The Morgan fingerprint density at radius 3 is 2.61 bits per heavy atom. The molecule has 3 atom stereocenters. The number of piperazine rings is 1. The number of nitrogens with one attached hydrogen (secondary N) is 1. The lowest BCUT2D eigenvalue weighted by Gasteiger charge is -2.48.